The lowest BCUT2D eigenvalue weighted by Crippen LogP contribution is -2.04. The van der Waals surface area contributed by atoms with Gasteiger partial charge in [0.15, 0.2) is 11.6 Å². The summed E-state index contributed by atoms with van der Waals surface area (Å²) in [5.74, 6) is 2.54. The molecule has 0 radical (unpaired) electrons. The smallest absolute Gasteiger partial charge is 0.229 e. The maximum absolute atomic E-state index is 6.01. The zero-order valence-electron chi connectivity index (χ0n) is 12.4. The monoisotopic (exact) mass is 330 g/mol. The highest BCUT2D eigenvalue weighted by Gasteiger charge is 2.24. The molecule has 1 aromatic carbocycles. The normalized spacial score (nSPS) is 17.7. The Morgan fingerprint density at radius 2 is 2.26 bits per heavy atom. The first kappa shape index (κ1) is 14.3. The number of hydrogen-bond acceptors (Lipinski definition) is 6. The average molecular weight is 331 g/mol. The summed E-state index contributed by atoms with van der Waals surface area (Å²) in [6.45, 7) is 0.777. The summed E-state index contributed by atoms with van der Waals surface area (Å²) in [5, 5.41) is 16.5. The van der Waals surface area contributed by atoms with Gasteiger partial charge in [-0.1, -0.05) is 28.9 Å². The summed E-state index contributed by atoms with van der Waals surface area (Å²) in [4.78, 5) is 4.56. The highest BCUT2D eigenvalue weighted by molar-refractivity contribution is 6.30. The van der Waals surface area contributed by atoms with Crippen molar-refractivity contribution in [2.75, 3.05) is 0 Å². The number of fused-ring (bicyclic) bond motifs is 1. The van der Waals surface area contributed by atoms with Crippen LogP contribution >= 0.6 is 11.6 Å². The molecule has 0 saturated carbocycles. The first-order valence-corrected chi connectivity index (χ1v) is 7.98. The summed E-state index contributed by atoms with van der Waals surface area (Å²) < 4.78 is 7.33. The lowest BCUT2D eigenvalue weighted by atomic mass is 10.0. The van der Waals surface area contributed by atoms with Gasteiger partial charge in [0.05, 0.1) is 0 Å². The van der Waals surface area contributed by atoms with E-state index in [-0.39, 0.29) is 5.92 Å². The first-order chi connectivity index (χ1) is 11.3. The second-order valence-electron chi connectivity index (χ2n) is 5.70. The van der Waals surface area contributed by atoms with Gasteiger partial charge in [0.2, 0.25) is 5.89 Å². The molecule has 0 spiro atoms. The Morgan fingerprint density at radius 3 is 3.17 bits per heavy atom. The Bertz CT molecular complexity index is 791. The Morgan fingerprint density at radius 1 is 1.30 bits per heavy atom. The number of aromatic nitrogens is 6. The van der Waals surface area contributed by atoms with E-state index in [4.69, 9.17) is 16.1 Å². The molecule has 2 aromatic heterocycles. The zero-order chi connectivity index (χ0) is 15.6. The van der Waals surface area contributed by atoms with Crippen LogP contribution < -0.4 is 0 Å². The van der Waals surface area contributed by atoms with Gasteiger partial charge in [-0.15, -0.1) is 5.10 Å². The van der Waals surface area contributed by atoms with E-state index in [1.54, 1.807) is 0 Å². The van der Waals surface area contributed by atoms with Gasteiger partial charge in [-0.2, -0.15) is 4.98 Å². The maximum Gasteiger partial charge on any atom is 0.229 e. The molecule has 4 rings (SSSR count). The van der Waals surface area contributed by atoms with Crippen molar-refractivity contribution < 1.29 is 4.52 Å². The fraction of sp³-hybridized carbons (Fsp3) is 0.400. The van der Waals surface area contributed by atoms with Crippen molar-refractivity contribution in [2.45, 2.75) is 38.1 Å². The summed E-state index contributed by atoms with van der Waals surface area (Å²) in [6.07, 6.45) is 3.25. The van der Waals surface area contributed by atoms with Gasteiger partial charge in [-0.3, -0.25) is 0 Å². The number of hydrogen-bond donors (Lipinski definition) is 0. The van der Waals surface area contributed by atoms with Crippen LogP contribution in [-0.2, 0) is 19.4 Å². The number of benzene rings is 1. The molecular formula is C15H15ClN6O. The summed E-state index contributed by atoms with van der Waals surface area (Å²) in [7, 11) is 0. The van der Waals surface area contributed by atoms with Crippen LogP contribution in [0.3, 0.4) is 0 Å². The molecule has 3 aromatic rings. The van der Waals surface area contributed by atoms with E-state index < -0.39 is 0 Å². The first-order valence-electron chi connectivity index (χ1n) is 7.60. The van der Waals surface area contributed by atoms with Crippen LogP contribution in [0.5, 0.6) is 0 Å². The van der Waals surface area contributed by atoms with E-state index in [9.17, 15) is 0 Å². The van der Waals surface area contributed by atoms with Gasteiger partial charge in [0.25, 0.3) is 0 Å². The molecule has 0 N–H and O–H groups in total. The minimum Gasteiger partial charge on any atom is -0.339 e. The number of nitrogens with zero attached hydrogens (tertiary/aromatic N) is 6. The second kappa shape index (κ2) is 6.08. The summed E-state index contributed by atoms with van der Waals surface area (Å²) in [6, 6.07) is 7.70. The minimum atomic E-state index is 0.235. The van der Waals surface area contributed by atoms with Crippen molar-refractivity contribution in [1.29, 1.82) is 0 Å². The molecule has 7 nitrogen and oxygen atoms in total. The second-order valence-corrected chi connectivity index (χ2v) is 6.13. The van der Waals surface area contributed by atoms with Crippen LogP contribution in [0, 0.1) is 0 Å². The molecule has 23 heavy (non-hydrogen) atoms. The molecule has 0 bridgehead atoms. The van der Waals surface area contributed by atoms with Crippen LogP contribution in [0.1, 0.15) is 41.9 Å². The van der Waals surface area contributed by atoms with Crippen molar-refractivity contribution >= 4 is 11.6 Å². The predicted molar refractivity (Wildman–Crippen MR) is 82.1 cm³/mol. The maximum atomic E-state index is 6.01. The molecule has 1 aliphatic rings. The Labute approximate surface area is 137 Å². The molecule has 8 heteroatoms. The van der Waals surface area contributed by atoms with E-state index in [2.05, 4.69) is 25.7 Å². The SMILES string of the molecule is Clc1cccc(Cc2noc(C3CCc4nnnn4CC3)n2)c1. The van der Waals surface area contributed by atoms with Gasteiger partial charge in [0, 0.05) is 30.3 Å². The lowest BCUT2D eigenvalue weighted by Gasteiger charge is -2.06. The highest BCUT2D eigenvalue weighted by Crippen LogP contribution is 2.27. The van der Waals surface area contributed by atoms with Crippen molar-refractivity contribution in [1.82, 2.24) is 30.3 Å². The van der Waals surface area contributed by atoms with Gasteiger partial charge < -0.3 is 4.52 Å². The van der Waals surface area contributed by atoms with E-state index in [0.717, 1.165) is 37.2 Å². The van der Waals surface area contributed by atoms with Crippen molar-refractivity contribution in [3.63, 3.8) is 0 Å². The molecule has 0 fully saturated rings. The van der Waals surface area contributed by atoms with Crippen molar-refractivity contribution in [2.24, 2.45) is 0 Å². The van der Waals surface area contributed by atoms with Crippen LogP contribution in [-0.4, -0.2) is 30.3 Å². The van der Waals surface area contributed by atoms with Gasteiger partial charge in [0.1, 0.15) is 0 Å². The average Bonchev–Trinajstić information content (AvgIpc) is 3.14. The minimum absolute atomic E-state index is 0.235. The van der Waals surface area contributed by atoms with Crippen molar-refractivity contribution in [3.05, 3.63) is 52.4 Å². The molecular weight excluding hydrogens is 316 g/mol. The third-order valence-electron chi connectivity index (χ3n) is 4.10. The molecule has 1 unspecified atom stereocenters. The van der Waals surface area contributed by atoms with E-state index >= 15 is 0 Å². The molecule has 0 aliphatic carbocycles. The number of halogens is 1. The third-order valence-corrected chi connectivity index (χ3v) is 4.33. The zero-order valence-corrected chi connectivity index (χ0v) is 13.1. The van der Waals surface area contributed by atoms with Crippen molar-refractivity contribution in [3.8, 4) is 0 Å². The standard InChI is InChI=1S/C15H15ClN6O/c16-12-3-1-2-10(8-12)9-13-17-15(23-19-13)11-4-5-14-18-20-21-22(14)7-6-11/h1-3,8,11H,4-7,9H2. The Balaban J connectivity index is 1.46. The van der Waals surface area contributed by atoms with E-state index in [0.29, 0.717) is 23.2 Å². The molecule has 1 aliphatic heterocycles. The topological polar surface area (TPSA) is 82.5 Å². The predicted octanol–water partition coefficient (Wildman–Crippen LogP) is 2.42. The molecule has 1 atom stereocenters. The fourth-order valence-electron chi connectivity index (χ4n) is 2.88. The van der Waals surface area contributed by atoms with Crippen LogP contribution in [0.2, 0.25) is 5.02 Å². The van der Waals surface area contributed by atoms with Gasteiger partial charge in [-0.05, 0) is 41.0 Å². The fourth-order valence-corrected chi connectivity index (χ4v) is 3.10. The Kier molecular flexibility index (Phi) is 3.78. The number of aryl methyl sites for hydroxylation is 2. The molecule has 3 heterocycles. The highest BCUT2D eigenvalue weighted by atomic mass is 35.5. The van der Waals surface area contributed by atoms with Crippen LogP contribution in [0.4, 0.5) is 0 Å². The third kappa shape index (κ3) is 3.10. The molecule has 0 saturated heterocycles. The van der Waals surface area contributed by atoms with E-state index in [1.807, 2.05) is 28.9 Å². The lowest BCUT2D eigenvalue weighted by molar-refractivity contribution is 0.334. The summed E-state index contributed by atoms with van der Waals surface area (Å²) in [5.41, 5.74) is 1.07. The largest absolute Gasteiger partial charge is 0.339 e. The number of tetrazole rings is 1. The molecule has 0 amide bonds. The van der Waals surface area contributed by atoms with E-state index in [1.165, 1.54) is 0 Å². The molecule has 118 valence electrons. The van der Waals surface area contributed by atoms with Crippen LogP contribution in [0.25, 0.3) is 0 Å². The van der Waals surface area contributed by atoms with Crippen LogP contribution in [0.15, 0.2) is 28.8 Å². The van der Waals surface area contributed by atoms with Gasteiger partial charge in [-0.25, -0.2) is 4.68 Å². The quantitative estimate of drug-likeness (QED) is 0.733. The summed E-state index contributed by atoms with van der Waals surface area (Å²) >= 11 is 6.01. The Hall–Kier alpha value is -2.28. The number of rotatable bonds is 3. The van der Waals surface area contributed by atoms with Gasteiger partial charge >= 0.3 is 0 Å².